The Hall–Kier alpha value is -6.18. The van der Waals surface area contributed by atoms with E-state index in [1.165, 1.54) is 0 Å². The first-order chi connectivity index (χ1) is 29.0. The van der Waals surface area contributed by atoms with E-state index in [0.717, 1.165) is 63.8 Å². The highest BCUT2D eigenvalue weighted by Crippen LogP contribution is 2.56. The predicted octanol–water partition coefficient (Wildman–Crippen LogP) is 13.4. The molecule has 0 aromatic heterocycles. The number of benzene rings is 7. The highest BCUT2D eigenvalue weighted by atomic mass is 14.9. The average molecular weight is 678 g/mol. The van der Waals surface area contributed by atoms with Gasteiger partial charge in [-0.2, -0.15) is 0 Å². The van der Waals surface area contributed by atoms with Gasteiger partial charge in [-0.3, -0.25) is 0 Å². The fraction of sp³-hybridized carbons (Fsp3) is 0.0980. The van der Waals surface area contributed by atoms with E-state index in [-0.39, 0.29) is 34.5 Å². The van der Waals surface area contributed by atoms with Crippen LogP contribution in [0.25, 0.3) is 33.4 Å². The second kappa shape index (κ2) is 14.6. The molecule has 0 fully saturated rings. The zero-order valence-corrected chi connectivity index (χ0v) is 28.9. The van der Waals surface area contributed by atoms with Crippen molar-refractivity contribution in [2.24, 2.45) is 0 Å². The smallest absolute Gasteiger partial charge is 0.0714 e. The number of rotatable bonds is 12. The molecular formula is C51H43N. The van der Waals surface area contributed by atoms with Crippen molar-refractivity contribution in [2.45, 2.75) is 31.1 Å². The standard InChI is InChI=1S/C51H43N/c1-3-5-15-37-27-28-42(35-41(37)16-6-4-2)40-25-23-38(24-26-40)39-29-31-45(32-30-39)52-46-33-34-48-47-21-13-14-22-49(47)51(50(48)36-46,43-17-9-7-10-18-43)44-19-11-8-12-20-44/h3-4,7-14,17-36,52H,1-2,5-6,15-16H2/i23D,24D,25D,26D,29D,30D,31D,32D. The molecule has 0 saturated heterocycles. The molecule has 0 bridgehead atoms. The zero-order chi connectivity index (χ0) is 42.3. The Morgan fingerprint density at radius 2 is 1.02 bits per heavy atom. The minimum atomic E-state index is -0.686. The highest BCUT2D eigenvalue weighted by Gasteiger charge is 2.46. The molecule has 1 aliphatic rings. The summed E-state index contributed by atoms with van der Waals surface area (Å²) in [5, 5.41) is 3.22. The second-order valence-corrected chi connectivity index (χ2v) is 13.1. The molecule has 7 aromatic carbocycles. The minimum Gasteiger partial charge on any atom is -0.356 e. The van der Waals surface area contributed by atoms with Crippen molar-refractivity contribution in [1.82, 2.24) is 0 Å². The molecule has 52 heavy (non-hydrogen) atoms. The van der Waals surface area contributed by atoms with Crippen molar-refractivity contribution in [1.29, 1.82) is 0 Å². The lowest BCUT2D eigenvalue weighted by molar-refractivity contribution is 0.769. The molecule has 0 heterocycles. The summed E-state index contributed by atoms with van der Waals surface area (Å²) in [7, 11) is 0. The summed E-state index contributed by atoms with van der Waals surface area (Å²) in [4.78, 5) is 0. The molecule has 7 aromatic rings. The average Bonchev–Trinajstić information content (AvgIpc) is 3.57. The van der Waals surface area contributed by atoms with E-state index in [0.29, 0.717) is 17.7 Å². The van der Waals surface area contributed by atoms with Crippen LogP contribution in [0, 0.1) is 0 Å². The van der Waals surface area contributed by atoms with Gasteiger partial charge in [0, 0.05) is 11.4 Å². The molecule has 252 valence electrons. The highest BCUT2D eigenvalue weighted by molar-refractivity contribution is 5.88. The van der Waals surface area contributed by atoms with E-state index in [1.54, 1.807) is 6.07 Å². The molecule has 0 spiro atoms. The quantitative estimate of drug-likeness (QED) is 0.127. The summed E-state index contributed by atoms with van der Waals surface area (Å²) in [5.41, 5.74) is 8.43. The van der Waals surface area contributed by atoms with E-state index >= 15 is 0 Å². The summed E-state index contributed by atoms with van der Waals surface area (Å²) in [6.07, 6.45) is 6.69. The molecule has 0 radical (unpaired) electrons. The van der Waals surface area contributed by atoms with E-state index in [1.807, 2.05) is 91.0 Å². The van der Waals surface area contributed by atoms with Crippen molar-refractivity contribution in [3.8, 4) is 33.4 Å². The Balaban J connectivity index is 1.23. The molecule has 1 nitrogen and oxygen atoms in total. The van der Waals surface area contributed by atoms with Crippen LogP contribution < -0.4 is 5.32 Å². The van der Waals surface area contributed by atoms with Gasteiger partial charge in [0.25, 0.3) is 0 Å². The topological polar surface area (TPSA) is 12.0 Å². The Morgan fingerprint density at radius 1 is 0.481 bits per heavy atom. The SMILES string of the molecule is [2H]c1c([2H])c(-c2c([2H])c([2H])c(-c3ccc(CCC=C)c(CCC=C)c3)c([2H])c2[2H])c([2H])c([2H])c1Nc1ccc2c(c1)C(c1ccccc1)(c1ccccc1)c1ccccc1-2. The maximum Gasteiger partial charge on any atom is 0.0714 e. The number of aryl methyl sites for hydroxylation is 2. The molecule has 0 saturated carbocycles. The maximum atomic E-state index is 9.17. The second-order valence-electron chi connectivity index (χ2n) is 13.1. The van der Waals surface area contributed by atoms with Gasteiger partial charge in [0.1, 0.15) is 0 Å². The van der Waals surface area contributed by atoms with E-state index < -0.39 is 41.7 Å². The molecule has 8 rings (SSSR count). The van der Waals surface area contributed by atoms with Gasteiger partial charge in [-0.15, -0.1) is 13.2 Å². The van der Waals surface area contributed by atoms with Gasteiger partial charge in [-0.05, 0) is 117 Å². The molecule has 0 atom stereocenters. The number of allylic oxidation sites excluding steroid dienone is 2. The van der Waals surface area contributed by atoms with Gasteiger partial charge in [-0.1, -0.05) is 158 Å². The fourth-order valence-electron chi connectivity index (χ4n) is 7.52. The van der Waals surface area contributed by atoms with E-state index in [9.17, 15) is 0 Å². The van der Waals surface area contributed by atoms with Crippen LogP contribution in [0.3, 0.4) is 0 Å². The Morgan fingerprint density at radius 3 is 1.65 bits per heavy atom. The van der Waals surface area contributed by atoms with Crippen LogP contribution in [0.5, 0.6) is 0 Å². The summed E-state index contributed by atoms with van der Waals surface area (Å²) >= 11 is 0. The number of fused-ring (bicyclic) bond motifs is 3. The van der Waals surface area contributed by atoms with Crippen molar-refractivity contribution in [3.63, 3.8) is 0 Å². The third-order valence-electron chi connectivity index (χ3n) is 9.96. The molecule has 0 unspecified atom stereocenters. The number of nitrogens with one attached hydrogen (secondary N) is 1. The maximum absolute atomic E-state index is 9.17. The minimum absolute atomic E-state index is 0.0651. The summed E-state index contributed by atoms with van der Waals surface area (Å²) < 4.78 is 73.1. The molecule has 1 heteroatoms. The van der Waals surface area contributed by atoms with Crippen LogP contribution >= 0.6 is 0 Å². The lowest BCUT2D eigenvalue weighted by Gasteiger charge is -2.34. The summed E-state index contributed by atoms with van der Waals surface area (Å²) in [5.74, 6) is 0. The summed E-state index contributed by atoms with van der Waals surface area (Å²) in [6, 6.07) is 37.3. The van der Waals surface area contributed by atoms with Gasteiger partial charge in [-0.25, -0.2) is 0 Å². The van der Waals surface area contributed by atoms with Crippen LogP contribution in [-0.2, 0) is 18.3 Å². The third kappa shape index (κ3) is 6.09. The molecule has 1 aliphatic carbocycles. The van der Waals surface area contributed by atoms with Crippen LogP contribution in [0.2, 0.25) is 0 Å². The fourth-order valence-corrected chi connectivity index (χ4v) is 7.52. The first-order valence-corrected chi connectivity index (χ1v) is 17.7. The summed E-state index contributed by atoms with van der Waals surface area (Å²) in [6.45, 7) is 7.68. The lowest BCUT2D eigenvalue weighted by atomic mass is 9.67. The van der Waals surface area contributed by atoms with Crippen LogP contribution in [0.1, 0.15) is 57.2 Å². The van der Waals surface area contributed by atoms with Crippen molar-refractivity contribution >= 4 is 11.4 Å². The number of hydrogen-bond acceptors (Lipinski definition) is 1. The Kier molecular flexibility index (Phi) is 6.98. The van der Waals surface area contributed by atoms with Gasteiger partial charge in [0.15, 0.2) is 0 Å². The molecule has 0 amide bonds. The molecule has 0 aliphatic heterocycles. The van der Waals surface area contributed by atoms with Crippen LogP contribution in [0.4, 0.5) is 11.4 Å². The predicted molar refractivity (Wildman–Crippen MR) is 221 cm³/mol. The van der Waals surface area contributed by atoms with Crippen LogP contribution in [-0.4, -0.2) is 0 Å². The van der Waals surface area contributed by atoms with Crippen molar-refractivity contribution in [2.75, 3.05) is 5.32 Å². The van der Waals surface area contributed by atoms with Crippen molar-refractivity contribution in [3.05, 3.63) is 228 Å². The first kappa shape index (κ1) is 24.9. The number of hydrogen-bond donors (Lipinski definition) is 1. The van der Waals surface area contributed by atoms with Gasteiger partial charge >= 0.3 is 0 Å². The third-order valence-corrected chi connectivity index (χ3v) is 9.96. The first-order valence-electron chi connectivity index (χ1n) is 21.7. The van der Waals surface area contributed by atoms with Gasteiger partial charge in [0.2, 0.25) is 0 Å². The largest absolute Gasteiger partial charge is 0.356 e. The van der Waals surface area contributed by atoms with Crippen LogP contribution in [0.15, 0.2) is 195 Å². The normalized spacial score (nSPS) is 14.6. The molecule has 1 N–H and O–H groups in total. The monoisotopic (exact) mass is 677 g/mol. The van der Waals surface area contributed by atoms with E-state index in [4.69, 9.17) is 11.0 Å². The molecular weight excluding hydrogens is 627 g/mol. The Bertz CT molecular complexity index is 2720. The number of anilines is 2. The van der Waals surface area contributed by atoms with E-state index in [2.05, 4.69) is 54.9 Å². The van der Waals surface area contributed by atoms with Crippen molar-refractivity contribution < 1.29 is 11.0 Å². The Labute approximate surface area is 319 Å². The lowest BCUT2D eigenvalue weighted by Crippen LogP contribution is -2.28. The zero-order valence-electron chi connectivity index (χ0n) is 36.9. The van der Waals surface area contributed by atoms with Gasteiger partial charge in [0.05, 0.1) is 16.4 Å². The van der Waals surface area contributed by atoms with Gasteiger partial charge < -0.3 is 5.32 Å².